The maximum Gasteiger partial charge on any atom is 0.537 e. The van der Waals surface area contributed by atoms with Gasteiger partial charge in [0.15, 0.2) is 0 Å². The van der Waals surface area contributed by atoms with Gasteiger partial charge in [0.1, 0.15) is 0 Å². The Morgan fingerprint density at radius 2 is 0.723 bits per heavy atom. The fraction of sp³-hybridized carbons (Fsp3) is 0.379. The monoisotopic (exact) mass is 938 g/mol. The minimum absolute atomic E-state index is 0.111. The zero-order valence-electron chi connectivity index (χ0n) is 41.5. The molecule has 0 fully saturated rings. The Kier molecular flexibility index (Phi) is 14.3. The van der Waals surface area contributed by atoms with Gasteiger partial charge in [0, 0.05) is 49.4 Å². The van der Waals surface area contributed by atoms with Gasteiger partial charge in [-0.2, -0.15) is 0 Å². The highest BCUT2D eigenvalue weighted by Crippen LogP contribution is 2.48. The van der Waals surface area contributed by atoms with Gasteiger partial charge in [-0.15, -0.1) is 34.0 Å². The van der Waals surface area contributed by atoms with Crippen LogP contribution < -0.4 is 5.19 Å². The van der Waals surface area contributed by atoms with Crippen LogP contribution in [0.3, 0.4) is 0 Å². The average molecular weight is 939 g/mol. The molecule has 3 aromatic heterocycles. The Labute approximate surface area is 404 Å². The van der Waals surface area contributed by atoms with Crippen molar-refractivity contribution in [2.45, 2.75) is 126 Å². The molecule has 0 bridgehead atoms. The minimum Gasteiger partial charge on any atom is -0.370 e. The van der Waals surface area contributed by atoms with Crippen molar-refractivity contribution in [2.24, 2.45) is 0 Å². The highest BCUT2D eigenvalue weighted by molar-refractivity contribution is 7.27. The third-order valence-electron chi connectivity index (χ3n) is 12.0. The summed E-state index contributed by atoms with van der Waals surface area (Å²) in [6.07, 6.45) is 0. The zero-order valence-corrected chi connectivity index (χ0v) is 45.0. The van der Waals surface area contributed by atoms with E-state index in [1.165, 1.54) is 85.6 Å². The van der Waals surface area contributed by atoms with Gasteiger partial charge >= 0.3 is 8.80 Å². The zero-order chi connectivity index (χ0) is 47.1. The molecular formula is C58H70O3S3Si. The topological polar surface area (TPSA) is 27.7 Å². The average Bonchev–Trinajstić information content (AvgIpc) is 4.05. The summed E-state index contributed by atoms with van der Waals surface area (Å²) < 4.78 is 18.9. The highest BCUT2D eigenvalue weighted by Gasteiger charge is 2.43. The number of rotatable bonds is 13. The van der Waals surface area contributed by atoms with Gasteiger partial charge in [-0.3, -0.25) is 0 Å². The molecule has 342 valence electrons. The predicted octanol–water partition coefficient (Wildman–Crippen LogP) is 17.3. The van der Waals surface area contributed by atoms with Gasteiger partial charge in [-0.05, 0) is 164 Å². The lowest BCUT2D eigenvalue weighted by Gasteiger charge is -2.34. The minimum atomic E-state index is -3.06. The normalized spacial score (nSPS) is 12.9. The molecule has 0 aliphatic rings. The van der Waals surface area contributed by atoms with E-state index < -0.39 is 8.80 Å². The molecule has 7 heteroatoms. The first kappa shape index (κ1) is 49.0. The molecule has 0 unspecified atom stereocenters. The van der Waals surface area contributed by atoms with Crippen LogP contribution in [0.15, 0.2) is 115 Å². The van der Waals surface area contributed by atoms with E-state index in [1.54, 1.807) is 11.3 Å². The fourth-order valence-electron chi connectivity index (χ4n) is 8.84. The number of thiophene rings is 3. The number of hydrogen-bond acceptors (Lipinski definition) is 6. The lowest BCUT2D eigenvalue weighted by Crippen LogP contribution is -2.56. The first-order chi connectivity index (χ1) is 30.6. The molecule has 4 aromatic carbocycles. The summed E-state index contributed by atoms with van der Waals surface area (Å²) in [5, 5.41) is 3.15. The van der Waals surface area contributed by atoms with Crippen LogP contribution in [0, 0.1) is 0 Å². The molecule has 0 aliphatic carbocycles. The summed E-state index contributed by atoms with van der Waals surface area (Å²) in [5.74, 6) is 0. The third-order valence-corrected chi connectivity index (χ3v) is 18.6. The molecule has 0 atom stereocenters. The van der Waals surface area contributed by atoms with Crippen LogP contribution in [-0.2, 0) is 34.9 Å². The Bertz CT molecular complexity index is 2620. The molecule has 0 saturated heterocycles. The standard InChI is InChI=1S/C58H70O3S3Si/c1-16-59-65(60-17-2,61-18-3)43-27-25-40(26-28-43)54-46(57(10,11)12)36-42(37-47(54)58(13,14)15)41-34-44(55(4,5)6)53(45(35-41)56(7,8)9)39-23-21-38(22-24-39)48-29-30-51(63-48)52-32-31-50(64-52)49-20-19-33-62-49/h19-37H,16-18H2,1-15H3. The van der Waals surface area contributed by atoms with Gasteiger partial charge in [0.05, 0.1) is 0 Å². The summed E-state index contributed by atoms with van der Waals surface area (Å²) in [7, 11) is -3.06. The smallest absolute Gasteiger partial charge is 0.370 e. The molecule has 0 aliphatic heterocycles. The van der Waals surface area contributed by atoms with E-state index in [-0.39, 0.29) is 21.7 Å². The van der Waals surface area contributed by atoms with E-state index in [0.717, 1.165) is 5.19 Å². The molecule has 0 spiro atoms. The van der Waals surface area contributed by atoms with Gasteiger partial charge in [-0.1, -0.05) is 138 Å². The lowest BCUT2D eigenvalue weighted by molar-refractivity contribution is 0.0859. The second kappa shape index (κ2) is 19.0. The maximum absolute atomic E-state index is 6.31. The van der Waals surface area contributed by atoms with Gasteiger partial charge in [0.25, 0.3) is 0 Å². The van der Waals surface area contributed by atoms with E-state index in [0.29, 0.717) is 19.8 Å². The molecule has 7 aromatic rings. The van der Waals surface area contributed by atoms with Crippen molar-refractivity contribution in [3.63, 3.8) is 0 Å². The van der Waals surface area contributed by atoms with Gasteiger partial charge in [-0.25, -0.2) is 0 Å². The summed E-state index contributed by atoms with van der Waals surface area (Å²) >= 11 is 5.56. The molecule has 7 rings (SSSR count). The number of hydrogen-bond donors (Lipinski definition) is 0. The molecule has 3 heterocycles. The summed E-state index contributed by atoms with van der Waals surface area (Å²) in [5.41, 5.74) is 13.8. The quantitative estimate of drug-likeness (QED) is 0.108. The van der Waals surface area contributed by atoms with Gasteiger partial charge < -0.3 is 13.3 Å². The maximum atomic E-state index is 6.31. The molecule has 65 heavy (non-hydrogen) atoms. The summed E-state index contributed by atoms with van der Waals surface area (Å²) in [6, 6.07) is 41.6. The van der Waals surface area contributed by atoms with E-state index in [1.807, 2.05) is 43.4 Å². The van der Waals surface area contributed by atoms with Crippen molar-refractivity contribution in [1.29, 1.82) is 0 Å². The largest absolute Gasteiger partial charge is 0.537 e. The van der Waals surface area contributed by atoms with Crippen molar-refractivity contribution in [3.8, 4) is 63.3 Å². The fourth-order valence-corrected chi connectivity index (χ4v) is 14.2. The lowest BCUT2D eigenvalue weighted by atomic mass is 9.71. The van der Waals surface area contributed by atoms with Crippen LogP contribution in [0.4, 0.5) is 0 Å². The Hall–Kier alpha value is -3.92. The van der Waals surface area contributed by atoms with E-state index in [9.17, 15) is 0 Å². The Morgan fingerprint density at radius 3 is 1.08 bits per heavy atom. The van der Waals surface area contributed by atoms with Crippen LogP contribution in [0.5, 0.6) is 0 Å². The van der Waals surface area contributed by atoms with Crippen molar-refractivity contribution >= 4 is 48.0 Å². The van der Waals surface area contributed by atoms with E-state index in [2.05, 4.69) is 198 Å². The number of benzene rings is 4. The molecule has 0 amide bonds. The predicted molar refractivity (Wildman–Crippen MR) is 288 cm³/mol. The van der Waals surface area contributed by atoms with Crippen LogP contribution in [0.25, 0.3) is 63.3 Å². The van der Waals surface area contributed by atoms with Crippen molar-refractivity contribution in [1.82, 2.24) is 0 Å². The van der Waals surface area contributed by atoms with Crippen molar-refractivity contribution in [3.05, 3.63) is 137 Å². The summed E-state index contributed by atoms with van der Waals surface area (Å²) in [6.45, 7) is 35.9. The summed E-state index contributed by atoms with van der Waals surface area (Å²) in [4.78, 5) is 6.60. The highest BCUT2D eigenvalue weighted by atomic mass is 32.1. The Balaban J connectivity index is 1.33. The van der Waals surface area contributed by atoms with E-state index >= 15 is 0 Å². The second-order valence-electron chi connectivity index (χ2n) is 21.2. The molecule has 0 N–H and O–H groups in total. The van der Waals surface area contributed by atoms with Crippen LogP contribution in [0.1, 0.15) is 126 Å². The van der Waals surface area contributed by atoms with Crippen molar-refractivity contribution in [2.75, 3.05) is 19.8 Å². The van der Waals surface area contributed by atoms with Crippen LogP contribution in [0.2, 0.25) is 0 Å². The van der Waals surface area contributed by atoms with Gasteiger partial charge in [0.2, 0.25) is 0 Å². The van der Waals surface area contributed by atoms with Crippen LogP contribution >= 0.6 is 34.0 Å². The first-order valence-electron chi connectivity index (χ1n) is 23.3. The molecule has 0 saturated carbocycles. The Morgan fingerprint density at radius 1 is 0.385 bits per heavy atom. The first-order valence-corrected chi connectivity index (χ1v) is 27.6. The molecule has 3 nitrogen and oxygen atoms in total. The molecular weight excluding hydrogens is 869 g/mol. The SMILES string of the molecule is CCO[Si](OCC)(OCC)c1ccc(-c2c(C(C)(C)C)cc(-c3cc(C(C)(C)C)c(-c4ccc(-c5ccc(-c6ccc(-c7cccs7)s6)s5)cc4)c(C(C)(C)C)c3)cc2C(C)(C)C)cc1. The third kappa shape index (κ3) is 10.5. The van der Waals surface area contributed by atoms with E-state index in [4.69, 9.17) is 13.3 Å². The van der Waals surface area contributed by atoms with Crippen LogP contribution in [-0.4, -0.2) is 28.6 Å². The van der Waals surface area contributed by atoms with Crippen molar-refractivity contribution < 1.29 is 13.3 Å². The second-order valence-corrected chi connectivity index (χ2v) is 26.9. The molecule has 0 radical (unpaired) electrons.